The van der Waals surface area contributed by atoms with Crippen LogP contribution in [0.1, 0.15) is 34.2 Å². The maximum absolute atomic E-state index is 10.3. The van der Waals surface area contributed by atoms with E-state index in [1.54, 1.807) is 49.8 Å². The molecule has 0 amide bonds. The van der Waals surface area contributed by atoms with E-state index >= 15 is 0 Å². The van der Waals surface area contributed by atoms with Crippen LogP contribution in [0.25, 0.3) is 0 Å². The van der Waals surface area contributed by atoms with E-state index in [1.807, 2.05) is 179 Å². The average molecular weight is 1420 g/mol. The Balaban J connectivity index is 0.000000200. The zero-order chi connectivity index (χ0) is 51.6. The third-order valence-corrected chi connectivity index (χ3v) is 11.8. The van der Waals surface area contributed by atoms with Crippen LogP contribution in [0, 0.1) is 26.7 Å². The number of pyridine rings is 3. The van der Waals surface area contributed by atoms with Crippen LogP contribution >= 0.6 is 0 Å². The fourth-order valence-corrected chi connectivity index (χ4v) is 8.97. The van der Waals surface area contributed by atoms with E-state index in [0.717, 1.165) is 41.3 Å². The van der Waals surface area contributed by atoms with Crippen molar-refractivity contribution in [1.82, 2.24) is 58.3 Å². The van der Waals surface area contributed by atoms with Crippen LogP contribution in [-0.4, -0.2) is 145 Å². The molecule has 7 aliphatic heterocycles. The van der Waals surface area contributed by atoms with Gasteiger partial charge in [0.1, 0.15) is 51.0 Å². The van der Waals surface area contributed by atoms with Crippen molar-refractivity contribution >= 4 is 0 Å². The standard InChI is InChI=1S/3C16H19N5O2.CH4O.4Ag.O/c3*22-16(23)10-20-6-4-18(12-20)8-14-2-1-3-15(17-14)9-19-5-7-21(11-16)13-19;1-2;;;;;/h3*1-7,12-13,22-23H,8-11H2;2H,1H3;;;;;/q2*-2;+2;;;;;+1;/p+1. The molecule has 0 saturated carbocycles. The van der Waals surface area contributed by atoms with Crippen LogP contribution in [-0.2, 0) is 144 Å². The molecule has 0 saturated heterocycles. The van der Waals surface area contributed by atoms with Gasteiger partial charge in [0.25, 0.3) is 0 Å². The molecule has 23 nitrogen and oxygen atoms in total. The van der Waals surface area contributed by atoms with Gasteiger partial charge in [-0.3, -0.25) is 4.98 Å². The van der Waals surface area contributed by atoms with Gasteiger partial charge in [-0.15, -0.1) is 0 Å². The summed E-state index contributed by atoms with van der Waals surface area (Å²) in [5.74, 6) is -5.44. The molecule has 18 bridgehead atoms. The summed E-state index contributed by atoms with van der Waals surface area (Å²) in [7, 11) is 1.00. The van der Waals surface area contributed by atoms with Gasteiger partial charge in [-0.2, -0.15) is 26.7 Å². The van der Waals surface area contributed by atoms with E-state index in [9.17, 15) is 30.6 Å². The van der Waals surface area contributed by atoms with Gasteiger partial charge < -0.3 is 74.9 Å². The van der Waals surface area contributed by atoms with Gasteiger partial charge in [0.2, 0.25) is 18.4 Å². The molecule has 12 rings (SSSR count). The summed E-state index contributed by atoms with van der Waals surface area (Å²) in [6.45, 7) is 12.1. The minimum absolute atomic E-state index is 0. The summed E-state index contributed by atoms with van der Waals surface area (Å²) in [4.78, 5) is 27.9. The molecule has 0 aliphatic carbocycles. The van der Waals surface area contributed by atoms with E-state index in [0.29, 0.717) is 39.3 Å². The summed E-state index contributed by atoms with van der Waals surface area (Å²) < 4.78 is 15.6. The number of nitrogens with zero attached hydrogens (tertiary/aromatic N) is 14. The first kappa shape index (κ1) is 62.6. The predicted molar refractivity (Wildman–Crippen MR) is 252 cm³/mol. The van der Waals surface area contributed by atoms with Gasteiger partial charge in [-0.25, -0.2) is 28.2 Å². The number of hydrogen-bond donors (Lipinski definition) is 7. The van der Waals surface area contributed by atoms with E-state index in [4.69, 9.17) is 18.3 Å². The summed E-state index contributed by atoms with van der Waals surface area (Å²) in [6.07, 6.45) is 26.2. The van der Waals surface area contributed by atoms with E-state index in [-0.39, 0.29) is 106 Å². The SMILES string of the molecule is CO.OC1(O)CN2C=CN([CH-]2)Cc2cccc([nH+]2)CN2C=CN([CH-]2)C1.OC1(O)CN2C=CN([CH-]2)Cc2cccc(n2)CN2C=CN([CH-]2)C1.OC1(O)Cn2cc[n+](c2)Cc2cccc(n2)C[n+]2ccn(c2)C1.[Ag+].[Ag].[Ag].[O]=[Ag]. The second kappa shape index (κ2) is 28.5. The first-order chi connectivity index (χ1) is 35.2. The molecule has 7 aliphatic rings. The van der Waals surface area contributed by atoms with Crippen LogP contribution in [0.15, 0.2) is 142 Å². The fourth-order valence-electron chi connectivity index (χ4n) is 8.97. The molecule has 76 heavy (non-hydrogen) atoms. The topological polar surface area (TPSA) is 242 Å². The first-order valence-electron chi connectivity index (χ1n) is 23.3. The van der Waals surface area contributed by atoms with Gasteiger partial charge in [-0.1, -0.05) is 12.1 Å². The number of fused-ring (bicyclic) bond motifs is 18. The van der Waals surface area contributed by atoms with Crippen LogP contribution in [0.2, 0.25) is 0 Å². The van der Waals surface area contributed by atoms with Crippen molar-refractivity contribution in [2.24, 2.45) is 0 Å². The maximum atomic E-state index is 10.3. The van der Waals surface area contributed by atoms with Crippen molar-refractivity contribution in [3.8, 4) is 0 Å². The number of H-pyrrole nitrogens is 1. The first-order valence-corrected chi connectivity index (χ1v) is 23.9. The Morgan fingerprint density at radius 3 is 1.16 bits per heavy atom. The van der Waals surface area contributed by atoms with Crippen molar-refractivity contribution in [2.45, 2.75) is 69.7 Å². The Labute approximate surface area is 501 Å². The number of nitrogens with one attached hydrogen (secondary N) is 1. The molecule has 8 N–H and O–H groups in total. The van der Waals surface area contributed by atoms with Crippen LogP contribution < -0.4 is 14.1 Å². The second-order valence-electron chi connectivity index (χ2n) is 18.4. The quantitative estimate of drug-likeness (QED) is 0.0397. The Bertz CT molecular complexity index is 2470. The zero-order valence-electron chi connectivity index (χ0n) is 41.1. The fraction of sp³-hybridized carbons (Fsp3) is 0.327. The Hall–Kier alpha value is -4.29. The predicted octanol–water partition coefficient (Wildman–Crippen LogP) is -1.67. The Kier molecular flexibility index (Phi) is 23.5. The normalized spacial score (nSPS) is 19.0. The molecule has 425 valence electrons. The molecule has 2 radical (unpaired) electrons. The molecule has 27 heteroatoms. The summed E-state index contributed by atoms with van der Waals surface area (Å²) in [5, 5.41) is 68.6. The van der Waals surface area contributed by atoms with Crippen molar-refractivity contribution < 1.29 is 141 Å². The molecule has 12 heterocycles. The number of aliphatic hydroxyl groups excluding tert-OH is 1. The number of imidazole rings is 2. The number of hydrogen-bond acceptors (Lipinski definition) is 18. The third-order valence-electron chi connectivity index (χ3n) is 11.8. The van der Waals surface area contributed by atoms with E-state index in [2.05, 4.69) is 23.2 Å². The van der Waals surface area contributed by atoms with Crippen LogP contribution in [0.4, 0.5) is 0 Å². The summed E-state index contributed by atoms with van der Waals surface area (Å²) >= 11 is 1.70. The van der Waals surface area contributed by atoms with Gasteiger partial charge in [0.05, 0.1) is 35.9 Å². The molecule has 5 aromatic rings. The minimum atomic E-state index is -1.82. The number of aromatic nitrogens is 7. The van der Waals surface area contributed by atoms with Gasteiger partial charge in [0, 0.05) is 103 Å². The third kappa shape index (κ3) is 18.4. The molecule has 0 fully saturated rings. The summed E-state index contributed by atoms with van der Waals surface area (Å²) in [6, 6.07) is 18.2. The van der Waals surface area contributed by atoms with Crippen molar-refractivity contribution in [2.75, 3.05) is 33.3 Å². The van der Waals surface area contributed by atoms with E-state index < -0.39 is 17.4 Å². The average Bonchev–Trinajstić information content (AvgIpc) is 4.23. The molecular weight excluding hydrogens is 1360 g/mol. The second-order valence-corrected chi connectivity index (χ2v) is 18.4. The monoisotopic (exact) mass is 1420 g/mol. The van der Waals surface area contributed by atoms with E-state index in [1.165, 1.54) is 0 Å². The van der Waals surface area contributed by atoms with Crippen LogP contribution in [0.3, 0.4) is 0 Å². The molecule has 0 unspecified atom stereocenters. The molecular formula is C49H62Ag4N15O8. The Morgan fingerprint density at radius 1 is 0.474 bits per heavy atom. The van der Waals surface area contributed by atoms with Crippen molar-refractivity contribution in [3.05, 3.63) is 202 Å². The number of aliphatic hydroxyl groups is 7. The Morgan fingerprint density at radius 2 is 0.776 bits per heavy atom. The van der Waals surface area contributed by atoms with Crippen molar-refractivity contribution in [3.63, 3.8) is 0 Å². The van der Waals surface area contributed by atoms with Gasteiger partial charge >= 0.3 is 46.7 Å². The number of rotatable bonds is 0. The molecule has 5 aromatic heterocycles. The molecule has 0 spiro atoms. The van der Waals surface area contributed by atoms with Gasteiger partial charge in [0.15, 0.2) is 23.0 Å². The van der Waals surface area contributed by atoms with Crippen molar-refractivity contribution in [1.29, 1.82) is 0 Å². The zero-order valence-corrected chi connectivity index (χ0v) is 47.0. The molecule has 0 aromatic carbocycles. The summed E-state index contributed by atoms with van der Waals surface area (Å²) in [5.41, 5.74) is 6.09. The van der Waals surface area contributed by atoms with Crippen LogP contribution in [0.5, 0.6) is 0 Å². The number of aromatic amines is 1. The molecule has 0 atom stereocenters. The van der Waals surface area contributed by atoms with Gasteiger partial charge in [-0.05, 0) is 79.9 Å².